The number of carbonyl (C=O) groups excluding carboxylic acids is 1. The molecule has 0 aliphatic carbocycles. The van der Waals surface area contributed by atoms with E-state index < -0.39 is 0 Å². The molecule has 1 saturated heterocycles. The summed E-state index contributed by atoms with van der Waals surface area (Å²) in [6.45, 7) is 10.6. The Morgan fingerprint density at radius 3 is 2.96 bits per heavy atom. The first-order valence-corrected chi connectivity index (χ1v) is 9.11. The van der Waals surface area contributed by atoms with Crippen LogP contribution in [0.4, 0.5) is 5.82 Å². The van der Waals surface area contributed by atoms with Crippen molar-refractivity contribution < 1.29 is 14.3 Å². The van der Waals surface area contributed by atoms with Crippen molar-refractivity contribution in [2.24, 2.45) is 0 Å². The molecule has 7 heteroatoms. The van der Waals surface area contributed by atoms with Crippen molar-refractivity contribution in [2.75, 3.05) is 31.2 Å². The van der Waals surface area contributed by atoms with Gasteiger partial charge in [-0.2, -0.15) is 0 Å². The van der Waals surface area contributed by atoms with Gasteiger partial charge in [0.2, 0.25) is 0 Å². The predicted molar refractivity (Wildman–Crippen MR) is 95.0 cm³/mol. The molecule has 6 nitrogen and oxygen atoms in total. The van der Waals surface area contributed by atoms with Crippen LogP contribution in [0, 0.1) is 6.92 Å². The molecule has 0 amide bonds. The van der Waals surface area contributed by atoms with Crippen molar-refractivity contribution in [3.05, 3.63) is 16.8 Å². The number of fused-ring (bicyclic) bond motifs is 1. The summed E-state index contributed by atoms with van der Waals surface area (Å²) in [5, 5.41) is 0.950. The molecular formula is C17H23N3O3S. The van der Waals surface area contributed by atoms with Crippen molar-refractivity contribution >= 4 is 33.3 Å². The largest absolute Gasteiger partial charge is 0.462 e. The molecule has 0 spiro atoms. The Morgan fingerprint density at radius 1 is 1.46 bits per heavy atom. The summed E-state index contributed by atoms with van der Waals surface area (Å²) in [4.78, 5) is 24.7. The highest BCUT2D eigenvalue weighted by molar-refractivity contribution is 7.20. The number of aromatic nitrogens is 2. The van der Waals surface area contributed by atoms with Crippen LogP contribution in [0.25, 0.3) is 10.2 Å². The third-order valence-corrected chi connectivity index (χ3v) is 5.73. The number of carbonyl (C=O) groups is 1. The van der Waals surface area contributed by atoms with E-state index in [1.165, 1.54) is 11.3 Å². The maximum atomic E-state index is 12.2. The molecule has 1 atom stereocenters. The molecule has 24 heavy (non-hydrogen) atoms. The number of morpholine rings is 1. The molecule has 2 aromatic rings. The van der Waals surface area contributed by atoms with Gasteiger partial charge in [-0.15, -0.1) is 11.3 Å². The Balaban J connectivity index is 2.04. The lowest BCUT2D eigenvalue weighted by Gasteiger charge is -2.40. The zero-order chi connectivity index (χ0) is 17.3. The summed E-state index contributed by atoms with van der Waals surface area (Å²) in [6.07, 6.45) is 2.51. The second kappa shape index (κ2) is 6.64. The van der Waals surface area contributed by atoms with Gasteiger partial charge in [-0.3, -0.25) is 0 Å². The molecule has 1 aliphatic heterocycles. The summed E-state index contributed by atoms with van der Waals surface area (Å²) < 4.78 is 11.1. The lowest BCUT2D eigenvalue weighted by atomic mass is 10.0. The Kier molecular flexibility index (Phi) is 4.73. The number of anilines is 1. The van der Waals surface area contributed by atoms with Gasteiger partial charge in [-0.05, 0) is 32.8 Å². The van der Waals surface area contributed by atoms with E-state index in [-0.39, 0.29) is 11.6 Å². The number of hydrogen-bond acceptors (Lipinski definition) is 7. The summed E-state index contributed by atoms with van der Waals surface area (Å²) in [5.74, 6) is 0.594. The van der Waals surface area contributed by atoms with Crippen LogP contribution in [-0.2, 0) is 9.47 Å². The second-order valence-electron chi connectivity index (χ2n) is 6.23. The van der Waals surface area contributed by atoms with Crippen LogP contribution in [0.5, 0.6) is 0 Å². The molecule has 3 rings (SSSR count). The van der Waals surface area contributed by atoms with E-state index in [9.17, 15) is 4.79 Å². The minimum atomic E-state index is -0.288. The molecule has 3 heterocycles. The van der Waals surface area contributed by atoms with Crippen molar-refractivity contribution in [2.45, 2.75) is 39.7 Å². The van der Waals surface area contributed by atoms with Crippen LogP contribution in [0.2, 0.25) is 0 Å². The standard InChI is InChI=1S/C17H23N3O3S/c1-5-17(4)9-20(7-8-23-17)14-12-11(3)13(16(21)22-6-2)24-15(12)19-10-18-14/h10H,5-9H2,1-4H3. The van der Waals surface area contributed by atoms with Gasteiger partial charge in [0.25, 0.3) is 0 Å². The van der Waals surface area contributed by atoms with Crippen LogP contribution >= 0.6 is 11.3 Å². The van der Waals surface area contributed by atoms with E-state index in [2.05, 4.69) is 28.7 Å². The molecule has 0 bridgehead atoms. The Morgan fingerprint density at radius 2 is 2.25 bits per heavy atom. The summed E-state index contributed by atoms with van der Waals surface area (Å²) in [7, 11) is 0. The zero-order valence-electron chi connectivity index (χ0n) is 14.6. The predicted octanol–water partition coefficient (Wildman–Crippen LogP) is 3.18. The van der Waals surface area contributed by atoms with E-state index in [4.69, 9.17) is 9.47 Å². The van der Waals surface area contributed by atoms with Gasteiger partial charge in [0.1, 0.15) is 21.9 Å². The van der Waals surface area contributed by atoms with Crippen molar-refractivity contribution in [1.82, 2.24) is 9.97 Å². The zero-order valence-corrected chi connectivity index (χ0v) is 15.4. The molecule has 2 aromatic heterocycles. The maximum Gasteiger partial charge on any atom is 0.348 e. The molecule has 1 unspecified atom stereocenters. The van der Waals surface area contributed by atoms with E-state index in [0.29, 0.717) is 18.1 Å². The number of esters is 1. The van der Waals surface area contributed by atoms with Crippen molar-refractivity contribution in [1.29, 1.82) is 0 Å². The molecule has 1 fully saturated rings. The normalized spacial score (nSPS) is 21.2. The summed E-state index contributed by atoms with van der Waals surface area (Å²) >= 11 is 1.37. The minimum absolute atomic E-state index is 0.177. The Bertz CT molecular complexity index is 761. The molecule has 130 valence electrons. The molecule has 0 aromatic carbocycles. The van der Waals surface area contributed by atoms with Gasteiger partial charge >= 0.3 is 5.97 Å². The highest BCUT2D eigenvalue weighted by atomic mass is 32.1. The van der Waals surface area contributed by atoms with E-state index in [0.717, 1.165) is 41.1 Å². The number of rotatable bonds is 4. The van der Waals surface area contributed by atoms with E-state index in [1.54, 1.807) is 6.33 Å². The fraction of sp³-hybridized carbons (Fsp3) is 0.588. The van der Waals surface area contributed by atoms with Gasteiger partial charge in [0.05, 0.1) is 24.2 Å². The second-order valence-corrected chi connectivity index (χ2v) is 7.23. The van der Waals surface area contributed by atoms with Gasteiger partial charge in [-0.1, -0.05) is 6.92 Å². The number of hydrogen-bond donors (Lipinski definition) is 0. The number of thiophene rings is 1. The molecular weight excluding hydrogens is 326 g/mol. The average Bonchev–Trinajstić information content (AvgIpc) is 2.92. The smallest absolute Gasteiger partial charge is 0.348 e. The molecule has 0 radical (unpaired) electrons. The Labute approximate surface area is 145 Å². The third kappa shape index (κ3) is 2.98. The fourth-order valence-electron chi connectivity index (χ4n) is 3.01. The van der Waals surface area contributed by atoms with Crippen LogP contribution < -0.4 is 4.90 Å². The van der Waals surface area contributed by atoms with E-state index in [1.807, 2.05) is 13.8 Å². The molecule has 1 aliphatic rings. The third-order valence-electron chi connectivity index (χ3n) is 4.55. The topological polar surface area (TPSA) is 64.5 Å². The first-order valence-electron chi connectivity index (χ1n) is 8.29. The van der Waals surface area contributed by atoms with Gasteiger partial charge in [0, 0.05) is 13.1 Å². The van der Waals surface area contributed by atoms with E-state index >= 15 is 0 Å². The van der Waals surface area contributed by atoms with Crippen LogP contribution in [0.15, 0.2) is 6.33 Å². The number of nitrogens with zero attached hydrogens (tertiary/aromatic N) is 3. The van der Waals surface area contributed by atoms with Gasteiger partial charge in [-0.25, -0.2) is 14.8 Å². The molecule has 0 N–H and O–H groups in total. The van der Waals surface area contributed by atoms with Crippen LogP contribution in [0.1, 0.15) is 42.4 Å². The van der Waals surface area contributed by atoms with Gasteiger partial charge in [0.15, 0.2) is 0 Å². The Hall–Kier alpha value is -1.73. The van der Waals surface area contributed by atoms with Gasteiger partial charge < -0.3 is 14.4 Å². The quantitative estimate of drug-likeness (QED) is 0.790. The van der Waals surface area contributed by atoms with Crippen LogP contribution in [-0.4, -0.2) is 47.8 Å². The lowest BCUT2D eigenvalue weighted by molar-refractivity contribution is -0.0442. The lowest BCUT2D eigenvalue weighted by Crippen LogP contribution is -2.50. The average molecular weight is 349 g/mol. The van der Waals surface area contributed by atoms with Crippen molar-refractivity contribution in [3.8, 4) is 0 Å². The summed E-state index contributed by atoms with van der Waals surface area (Å²) in [6, 6.07) is 0. The highest BCUT2D eigenvalue weighted by Gasteiger charge is 2.32. The highest BCUT2D eigenvalue weighted by Crippen LogP contribution is 2.36. The monoisotopic (exact) mass is 349 g/mol. The fourth-order valence-corrected chi connectivity index (χ4v) is 4.05. The number of aryl methyl sites for hydroxylation is 1. The van der Waals surface area contributed by atoms with Crippen molar-refractivity contribution in [3.63, 3.8) is 0 Å². The number of ether oxygens (including phenoxy) is 2. The van der Waals surface area contributed by atoms with Crippen LogP contribution in [0.3, 0.4) is 0 Å². The SMILES string of the molecule is CCOC(=O)c1sc2ncnc(N3CCOC(C)(CC)C3)c2c1C. The molecule has 0 saturated carbocycles. The first kappa shape index (κ1) is 17.1. The maximum absolute atomic E-state index is 12.2. The first-order chi connectivity index (χ1) is 11.5. The summed E-state index contributed by atoms with van der Waals surface area (Å²) in [5.41, 5.74) is 0.720. The minimum Gasteiger partial charge on any atom is -0.462 e.